The number of thiophene rings is 1. The normalized spacial score (nSPS) is 21.2. The van der Waals surface area contributed by atoms with Crippen LogP contribution in [0.15, 0.2) is 12.1 Å². The lowest BCUT2D eigenvalue weighted by Crippen LogP contribution is -2.37. The van der Waals surface area contributed by atoms with Gasteiger partial charge in [0.05, 0.1) is 12.0 Å². The molecule has 0 radical (unpaired) electrons. The van der Waals surface area contributed by atoms with Gasteiger partial charge in [0.1, 0.15) is 4.88 Å². The van der Waals surface area contributed by atoms with Crippen molar-refractivity contribution >= 4 is 23.2 Å². The highest BCUT2D eigenvalue weighted by atomic mass is 32.1. The van der Waals surface area contributed by atoms with E-state index >= 15 is 0 Å². The lowest BCUT2D eigenvalue weighted by Gasteiger charge is -2.20. The van der Waals surface area contributed by atoms with Gasteiger partial charge < -0.3 is 10.1 Å². The summed E-state index contributed by atoms with van der Waals surface area (Å²) in [5, 5.41) is 3.14. The third kappa shape index (κ3) is 4.06. The molecule has 1 amide bonds. The molecule has 5 heteroatoms. The van der Waals surface area contributed by atoms with Crippen LogP contribution in [-0.4, -0.2) is 25.0 Å². The van der Waals surface area contributed by atoms with E-state index in [0.29, 0.717) is 15.7 Å². The zero-order valence-electron chi connectivity index (χ0n) is 12.7. The molecule has 2 unspecified atom stereocenters. The van der Waals surface area contributed by atoms with E-state index in [2.05, 4.69) is 17.0 Å². The van der Waals surface area contributed by atoms with Crippen molar-refractivity contribution in [1.82, 2.24) is 5.32 Å². The van der Waals surface area contributed by atoms with Gasteiger partial charge in [-0.1, -0.05) is 26.2 Å². The molecule has 1 fully saturated rings. The largest absolute Gasteiger partial charge is 0.465 e. The maximum atomic E-state index is 12.3. The molecule has 2 atom stereocenters. The highest BCUT2D eigenvalue weighted by Crippen LogP contribution is 2.30. The van der Waals surface area contributed by atoms with Crippen LogP contribution < -0.4 is 5.32 Å². The molecular weight excluding hydrogens is 286 g/mol. The van der Waals surface area contributed by atoms with Gasteiger partial charge in [-0.2, -0.15) is 0 Å². The third-order valence-electron chi connectivity index (χ3n) is 4.12. The molecule has 116 valence electrons. The number of esters is 1. The Bertz CT molecular complexity index is 497. The second kappa shape index (κ2) is 7.59. The lowest BCUT2D eigenvalue weighted by atomic mass is 9.97. The molecule has 1 aromatic heterocycles. The molecule has 2 rings (SSSR count). The lowest BCUT2D eigenvalue weighted by molar-refractivity contribution is 0.0606. The summed E-state index contributed by atoms with van der Waals surface area (Å²) in [6.45, 7) is 2.20. The molecule has 1 N–H and O–H groups in total. The van der Waals surface area contributed by atoms with Crippen molar-refractivity contribution in [1.29, 1.82) is 0 Å². The predicted octanol–water partition coefficient (Wildman–Crippen LogP) is 3.62. The van der Waals surface area contributed by atoms with Crippen molar-refractivity contribution in [2.45, 2.75) is 51.5 Å². The van der Waals surface area contributed by atoms with E-state index in [1.807, 2.05) is 0 Å². The van der Waals surface area contributed by atoms with Gasteiger partial charge in [-0.05, 0) is 37.3 Å². The van der Waals surface area contributed by atoms with Gasteiger partial charge >= 0.3 is 5.97 Å². The summed E-state index contributed by atoms with van der Waals surface area (Å²) in [5.41, 5.74) is 0. The van der Waals surface area contributed by atoms with Crippen LogP contribution in [-0.2, 0) is 4.74 Å². The number of carbonyl (C=O) groups is 2. The predicted molar refractivity (Wildman–Crippen MR) is 83.8 cm³/mol. The molecule has 0 spiro atoms. The topological polar surface area (TPSA) is 55.4 Å². The van der Waals surface area contributed by atoms with Crippen molar-refractivity contribution in [3.8, 4) is 0 Å². The Morgan fingerprint density at radius 2 is 2.10 bits per heavy atom. The van der Waals surface area contributed by atoms with Crippen LogP contribution in [0, 0.1) is 5.92 Å². The molecule has 4 nitrogen and oxygen atoms in total. The van der Waals surface area contributed by atoms with Crippen LogP contribution in [0.5, 0.6) is 0 Å². The number of amides is 1. The molecule has 0 saturated heterocycles. The van der Waals surface area contributed by atoms with Gasteiger partial charge in [0.15, 0.2) is 0 Å². The zero-order valence-corrected chi connectivity index (χ0v) is 13.5. The zero-order chi connectivity index (χ0) is 15.2. The highest BCUT2D eigenvalue weighted by molar-refractivity contribution is 7.15. The average Bonchev–Trinajstić information content (AvgIpc) is 3.13. The first kappa shape index (κ1) is 16.0. The number of unbranched alkanes of at least 4 members (excludes halogenated alkanes) is 1. The van der Waals surface area contributed by atoms with E-state index in [1.165, 1.54) is 50.6 Å². The minimum absolute atomic E-state index is 0.0662. The summed E-state index contributed by atoms with van der Waals surface area (Å²) in [6.07, 6.45) is 7.09. The Labute approximate surface area is 129 Å². The SMILES string of the molecule is CCCCC1CCCC1NC(=O)c1ccc(C(=O)OC)s1. The first-order chi connectivity index (χ1) is 10.2. The highest BCUT2D eigenvalue weighted by Gasteiger charge is 2.28. The van der Waals surface area contributed by atoms with Gasteiger partial charge in [-0.3, -0.25) is 4.79 Å². The van der Waals surface area contributed by atoms with Crippen LogP contribution in [0.2, 0.25) is 0 Å². The smallest absolute Gasteiger partial charge is 0.348 e. The molecule has 21 heavy (non-hydrogen) atoms. The van der Waals surface area contributed by atoms with Crippen molar-refractivity contribution < 1.29 is 14.3 Å². The second-order valence-electron chi connectivity index (χ2n) is 5.57. The molecule has 1 aliphatic rings. The van der Waals surface area contributed by atoms with E-state index < -0.39 is 0 Å². The number of ether oxygens (including phenoxy) is 1. The molecule has 0 aromatic carbocycles. The van der Waals surface area contributed by atoms with Gasteiger partial charge in [0, 0.05) is 6.04 Å². The van der Waals surface area contributed by atoms with E-state index in [1.54, 1.807) is 12.1 Å². The minimum Gasteiger partial charge on any atom is -0.465 e. The van der Waals surface area contributed by atoms with Gasteiger partial charge in [0.2, 0.25) is 0 Å². The van der Waals surface area contributed by atoms with E-state index in [-0.39, 0.29) is 17.9 Å². The van der Waals surface area contributed by atoms with Gasteiger partial charge in [-0.15, -0.1) is 11.3 Å². The maximum Gasteiger partial charge on any atom is 0.348 e. The summed E-state index contributed by atoms with van der Waals surface area (Å²) < 4.78 is 4.66. The molecular formula is C16H23NO3S. The van der Waals surface area contributed by atoms with E-state index in [9.17, 15) is 9.59 Å². The average molecular weight is 309 g/mol. The van der Waals surface area contributed by atoms with Crippen LogP contribution in [0.3, 0.4) is 0 Å². The number of nitrogens with one attached hydrogen (secondary N) is 1. The van der Waals surface area contributed by atoms with Crippen molar-refractivity contribution in [3.05, 3.63) is 21.9 Å². The summed E-state index contributed by atoms with van der Waals surface area (Å²) in [5.74, 6) is 0.151. The quantitative estimate of drug-likeness (QED) is 0.817. The number of rotatable bonds is 6. The summed E-state index contributed by atoms with van der Waals surface area (Å²) in [7, 11) is 1.35. The molecule has 1 aliphatic carbocycles. The monoisotopic (exact) mass is 309 g/mol. The second-order valence-corrected chi connectivity index (χ2v) is 6.65. The van der Waals surface area contributed by atoms with Crippen LogP contribution in [0.1, 0.15) is 64.8 Å². The van der Waals surface area contributed by atoms with Crippen molar-refractivity contribution in [2.24, 2.45) is 5.92 Å². The maximum absolute atomic E-state index is 12.3. The Hall–Kier alpha value is -1.36. The Kier molecular flexibility index (Phi) is 5.79. The van der Waals surface area contributed by atoms with Gasteiger partial charge in [-0.25, -0.2) is 4.79 Å². The fourth-order valence-electron chi connectivity index (χ4n) is 2.95. The first-order valence-electron chi connectivity index (χ1n) is 7.64. The summed E-state index contributed by atoms with van der Waals surface area (Å²) in [6, 6.07) is 3.63. The van der Waals surface area contributed by atoms with E-state index in [0.717, 1.165) is 6.42 Å². The number of hydrogen-bond acceptors (Lipinski definition) is 4. The van der Waals surface area contributed by atoms with E-state index in [4.69, 9.17) is 0 Å². The van der Waals surface area contributed by atoms with Crippen LogP contribution in [0.4, 0.5) is 0 Å². The summed E-state index contributed by atoms with van der Waals surface area (Å²) in [4.78, 5) is 24.8. The molecule has 1 heterocycles. The summed E-state index contributed by atoms with van der Waals surface area (Å²) >= 11 is 1.19. The van der Waals surface area contributed by atoms with Gasteiger partial charge in [0.25, 0.3) is 5.91 Å². The van der Waals surface area contributed by atoms with Crippen molar-refractivity contribution in [2.75, 3.05) is 7.11 Å². The number of carbonyl (C=O) groups excluding carboxylic acids is 2. The number of hydrogen-bond donors (Lipinski definition) is 1. The van der Waals surface area contributed by atoms with Crippen LogP contribution >= 0.6 is 11.3 Å². The molecule has 0 bridgehead atoms. The minimum atomic E-state index is -0.388. The van der Waals surface area contributed by atoms with Crippen LogP contribution in [0.25, 0.3) is 0 Å². The number of methoxy groups -OCH3 is 1. The van der Waals surface area contributed by atoms with Crippen molar-refractivity contribution in [3.63, 3.8) is 0 Å². The third-order valence-corrected chi connectivity index (χ3v) is 5.18. The standard InChI is InChI=1S/C16H23NO3S/c1-3-4-6-11-7-5-8-12(11)17-15(18)13-9-10-14(21-13)16(19)20-2/h9-12H,3-8H2,1-2H3,(H,17,18). The fourth-order valence-corrected chi connectivity index (χ4v) is 3.78. The Balaban J connectivity index is 1.94. The Morgan fingerprint density at radius 3 is 2.81 bits per heavy atom. The fraction of sp³-hybridized carbons (Fsp3) is 0.625. The molecule has 1 aromatic rings. The molecule has 1 saturated carbocycles. The Morgan fingerprint density at radius 1 is 1.33 bits per heavy atom. The molecule has 0 aliphatic heterocycles. The first-order valence-corrected chi connectivity index (χ1v) is 8.46.